The molecule has 3 aromatic rings. The SMILES string of the molecule is Cc1cccc(CN2C(=O)S/C(=C\c3ccc(-c4ccc(I)cc4)o3)C2=O)c1. The predicted molar refractivity (Wildman–Crippen MR) is 120 cm³/mol. The van der Waals surface area contributed by atoms with Crippen LogP contribution in [0.2, 0.25) is 0 Å². The summed E-state index contributed by atoms with van der Waals surface area (Å²) in [4.78, 5) is 26.7. The Labute approximate surface area is 180 Å². The van der Waals surface area contributed by atoms with E-state index in [1.165, 1.54) is 4.90 Å². The van der Waals surface area contributed by atoms with E-state index in [4.69, 9.17) is 4.42 Å². The maximum Gasteiger partial charge on any atom is 0.293 e. The van der Waals surface area contributed by atoms with Crippen LogP contribution >= 0.6 is 34.4 Å². The van der Waals surface area contributed by atoms with Gasteiger partial charge in [0.05, 0.1) is 11.4 Å². The van der Waals surface area contributed by atoms with Crippen LogP contribution in [0, 0.1) is 10.5 Å². The molecule has 28 heavy (non-hydrogen) atoms. The molecule has 4 nitrogen and oxygen atoms in total. The molecule has 4 rings (SSSR count). The van der Waals surface area contributed by atoms with E-state index >= 15 is 0 Å². The van der Waals surface area contributed by atoms with Gasteiger partial charge in [0.15, 0.2) is 0 Å². The van der Waals surface area contributed by atoms with Crippen LogP contribution in [0.3, 0.4) is 0 Å². The summed E-state index contributed by atoms with van der Waals surface area (Å²) >= 11 is 3.20. The van der Waals surface area contributed by atoms with Crippen molar-refractivity contribution in [2.45, 2.75) is 13.5 Å². The van der Waals surface area contributed by atoms with Crippen molar-refractivity contribution in [3.8, 4) is 11.3 Å². The first-order valence-corrected chi connectivity index (χ1v) is 10.6. The second-order valence-corrected chi connectivity index (χ2v) is 8.70. The van der Waals surface area contributed by atoms with E-state index in [-0.39, 0.29) is 17.7 Å². The quantitative estimate of drug-likeness (QED) is 0.321. The number of thioether (sulfide) groups is 1. The smallest absolute Gasteiger partial charge is 0.293 e. The van der Waals surface area contributed by atoms with Crippen molar-refractivity contribution in [3.63, 3.8) is 0 Å². The Balaban J connectivity index is 1.53. The minimum absolute atomic E-state index is 0.262. The Morgan fingerprint density at radius 3 is 2.61 bits per heavy atom. The number of halogens is 1. The number of benzene rings is 2. The molecule has 0 radical (unpaired) electrons. The molecule has 0 aliphatic carbocycles. The normalized spacial score (nSPS) is 15.6. The van der Waals surface area contributed by atoms with Crippen LogP contribution in [-0.4, -0.2) is 16.0 Å². The number of aryl methyl sites for hydroxylation is 1. The number of amides is 2. The molecule has 140 valence electrons. The Bertz CT molecular complexity index is 1090. The summed E-state index contributed by atoms with van der Waals surface area (Å²) in [6.45, 7) is 2.26. The van der Waals surface area contributed by atoms with Gasteiger partial charge in [0.1, 0.15) is 11.5 Å². The number of carbonyl (C=O) groups is 2. The molecule has 1 aliphatic heterocycles. The lowest BCUT2D eigenvalue weighted by Crippen LogP contribution is -2.27. The van der Waals surface area contributed by atoms with E-state index in [1.54, 1.807) is 6.08 Å². The van der Waals surface area contributed by atoms with E-state index in [0.717, 1.165) is 37.8 Å². The zero-order chi connectivity index (χ0) is 19.7. The third-order valence-electron chi connectivity index (χ3n) is 4.33. The number of imide groups is 1. The van der Waals surface area contributed by atoms with E-state index in [9.17, 15) is 9.59 Å². The standard InChI is InChI=1S/C22H16INO3S/c1-14-3-2-4-15(11-14)13-24-21(25)20(28-22(24)26)12-18-9-10-19(27-18)16-5-7-17(23)8-6-16/h2-12H,13H2,1H3/b20-12-. The van der Waals surface area contributed by atoms with Crippen LogP contribution in [0.15, 0.2) is 70.0 Å². The van der Waals surface area contributed by atoms with E-state index in [2.05, 4.69) is 22.6 Å². The first-order valence-electron chi connectivity index (χ1n) is 8.66. The lowest BCUT2D eigenvalue weighted by atomic mass is 10.1. The highest BCUT2D eigenvalue weighted by Crippen LogP contribution is 2.34. The van der Waals surface area contributed by atoms with E-state index in [1.807, 2.05) is 67.6 Å². The molecule has 0 N–H and O–H groups in total. The molecule has 0 saturated carbocycles. The average molecular weight is 501 g/mol. The topological polar surface area (TPSA) is 50.5 Å². The van der Waals surface area contributed by atoms with Gasteiger partial charge in [-0.25, -0.2) is 0 Å². The first-order chi connectivity index (χ1) is 13.5. The van der Waals surface area contributed by atoms with Gasteiger partial charge < -0.3 is 4.42 Å². The van der Waals surface area contributed by atoms with Gasteiger partial charge in [-0.3, -0.25) is 14.5 Å². The highest BCUT2D eigenvalue weighted by Gasteiger charge is 2.35. The number of hydrogen-bond acceptors (Lipinski definition) is 4. The molecule has 2 aromatic carbocycles. The van der Waals surface area contributed by atoms with Gasteiger partial charge in [-0.15, -0.1) is 0 Å². The number of hydrogen-bond donors (Lipinski definition) is 0. The Kier molecular flexibility index (Phi) is 5.41. The van der Waals surface area contributed by atoms with Gasteiger partial charge >= 0.3 is 0 Å². The van der Waals surface area contributed by atoms with Crippen molar-refractivity contribution in [3.05, 3.63) is 86.0 Å². The number of nitrogens with zero attached hydrogens (tertiary/aromatic N) is 1. The van der Waals surface area contributed by atoms with E-state index < -0.39 is 0 Å². The minimum Gasteiger partial charge on any atom is -0.457 e. The average Bonchev–Trinajstić information content (AvgIpc) is 3.23. The van der Waals surface area contributed by atoms with Crippen LogP contribution in [-0.2, 0) is 11.3 Å². The Morgan fingerprint density at radius 1 is 1.07 bits per heavy atom. The molecule has 0 unspecified atom stereocenters. The highest BCUT2D eigenvalue weighted by atomic mass is 127. The summed E-state index contributed by atoms with van der Waals surface area (Å²) < 4.78 is 7.00. The van der Waals surface area contributed by atoms with Crippen LogP contribution in [0.5, 0.6) is 0 Å². The molecule has 1 saturated heterocycles. The van der Waals surface area contributed by atoms with Gasteiger partial charge in [-0.1, -0.05) is 42.0 Å². The highest BCUT2D eigenvalue weighted by molar-refractivity contribution is 14.1. The molecule has 2 amide bonds. The zero-order valence-electron chi connectivity index (χ0n) is 15.0. The van der Waals surface area contributed by atoms with Crippen LogP contribution < -0.4 is 0 Å². The molecule has 0 atom stereocenters. The molecule has 1 fully saturated rings. The fourth-order valence-corrected chi connectivity index (χ4v) is 4.14. The summed E-state index contributed by atoms with van der Waals surface area (Å²) in [6, 6.07) is 19.5. The Morgan fingerprint density at radius 2 is 1.86 bits per heavy atom. The number of carbonyl (C=O) groups excluding carboxylic acids is 2. The molecule has 0 bridgehead atoms. The van der Waals surface area contributed by atoms with Gasteiger partial charge in [0.2, 0.25) is 0 Å². The monoisotopic (exact) mass is 501 g/mol. The molecular weight excluding hydrogens is 485 g/mol. The van der Waals surface area contributed by atoms with Gasteiger partial charge in [0, 0.05) is 15.2 Å². The fraction of sp³-hybridized carbons (Fsp3) is 0.0909. The minimum atomic E-state index is -0.288. The van der Waals surface area contributed by atoms with Crippen LogP contribution in [0.25, 0.3) is 17.4 Å². The van der Waals surface area contributed by atoms with Crippen molar-refractivity contribution in [1.29, 1.82) is 0 Å². The molecular formula is C22H16INO3S. The predicted octanol–water partition coefficient (Wildman–Crippen LogP) is 6.10. The summed E-state index contributed by atoms with van der Waals surface area (Å²) in [7, 11) is 0. The molecule has 2 heterocycles. The third-order valence-corrected chi connectivity index (χ3v) is 5.95. The summed E-state index contributed by atoms with van der Waals surface area (Å²) in [5.74, 6) is 0.986. The summed E-state index contributed by atoms with van der Waals surface area (Å²) in [5.41, 5.74) is 2.99. The largest absolute Gasteiger partial charge is 0.457 e. The molecule has 0 spiro atoms. The second kappa shape index (κ2) is 7.97. The molecule has 6 heteroatoms. The van der Waals surface area contributed by atoms with Gasteiger partial charge in [-0.05, 0) is 71.1 Å². The van der Waals surface area contributed by atoms with Crippen molar-refractivity contribution in [2.75, 3.05) is 0 Å². The maximum atomic E-state index is 12.7. The van der Waals surface area contributed by atoms with Gasteiger partial charge in [-0.2, -0.15) is 0 Å². The zero-order valence-corrected chi connectivity index (χ0v) is 18.0. The summed E-state index contributed by atoms with van der Waals surface area (Å²) in [6.07, 6.45) is 1.64. The maximum absolute atomic E-state index is 12.7. The molecule has 1 aromatic heterocycles. The van der Waals surface area contributed by atoms with Gasteiger partial charge in [0.25, 0.3) is 11.1 Å². The fourth-order valence-electron chi connectivity index (χ4n) is 2.96. The van der Waals surface area contributed by atoms with Crippen molar-refractivity contribution < 1.29 is 14.0 Å². The first kappa shape index (κ1) is 19.0. The third kappa shape index (κ3) is 4.07. The van der Waals surface area contributed by atoms with Crippen molar-refractivity contribution in [2.24, 2.45) is 0 Å². The lowest BCUT2D eigenvalue weighted by molar-refractivity contribution is -0.123. The Hall–Kier alpha value is -2.32. The molecule has 1 aliphatic rings. The van der Waals surface area contributed by atoms with Crippen LogP contribution in [0.4, 0.5) is 4.79 Å². The lowest BCUT2D eigenvalue weighted by Gasteiger charge is -2.12. The van der Waals surface area contributed by atoms with Crippen molar-refractivity contribution >= 4 is 51.6 Å². The van der Waals surface area contributed by atoms with Crippen molar-refractivity contribution in [1.82, 2.24) is 4.90 Å². The summed E-state index contributed by atoms with van der Waals surface area (Å²) in [5, 5.41) is -0.262. The van der Waals surface area contributed by atoms with E-state index in [0.29, 0.717) is 10.7 Å². The number of furan rings is 1. The second-order valence-electron chi connectivity index (χ2n) is 6.47. The number of rotatable bonds is 4. The van der Waals surface area contributed by atoms with Crippen LogP contribution in [0.1, 0.15) is 16.9 Å².